The number of nitrogens with zero attached hydrogens (tertiary/aromatic N) is 3. The maximum absolute atomic E-state index is 14.7. The number of carbonyl (C=O) groups is 1. The minimum atomic E-state index is -0.345. The Hall–Kier alpha value is -2.00. The third-order valence-corrected chi connectivity index (χ3v) is 5.62. The number of hydrogen-bond donors (Lipinski definition) is 2. The quantitative estimate of drug-likeness (QED) is 0.646. The van der Waals surface area contributed by atoms with Gasteiger partial charge in [-0.1, -0.05) is 6.07 Å². The van der Waals surface area contributed by atoms with Crippen LogP contribution in [-0.4, -0.2) is 27.2 Å². The largest absolute Gasteiger partial charge is 0.319 e. The number of aryl methyl sites for hydroxylation is 2. The van der Waals surface area contributed by atoms with Crippen molar-refractivity contribution in [3.8, 4) is 10.6 Å². The van der Waals surface area contributed by atoms with Gasteiger partial charge in [-0.05, 0) is 37.1 Å². The van der Waals surface area contributed by atoms with Crippen molar-refractivity contribution < 1.29 is 9.18 Å². The smallest absolute Gasteiger partial charge is 0.267 e. The third-order valence-electron chi connectivity index (χ3n) is 4.41. The maximum Gasteiger partial charge on any atom is 0.267 e. The Morgan fingerprint density at radius 1 is 1.36 bits per heavy atom. The molecule has 0 radical (unpaired) electrons. The van der Waals surface area contributed by atoms with E-state index in [1.807, 2.05) is 19.3 Å². The molecular formula is C18H20Cl2FN5OS. The lowest BCUT2D eigenvalue weighted by Gasteiger charge is -2.19. The fraction of sp³-hybridized carbons (Fsp3) is 0.278. The molecule has 6 nitrogen and oxygen atoms in total. The lowest BCUT2D eigenvalue weighted by atomic mass is 9.99. The number of anilines is 1. The van der Waals surface area contributed by atoms with Crippen molar-refractivity contribution in [3.63, 3.8) is 0 Å². The van der Waals surface area contributed by atoms with Crippen LogP contribution in [-0.2, 0) is 20.0 Å². The van der Waals surface area contributed by atoms with E-state index in [2.05, 4.69) is 20.7 Å². The topological polar surface area (TPSA) is 71.8 Å². The molecule has 2 N–H and O–H groups in total. The number of hydrogen-bond acceptors (Lipinski definition) is 5. The first-order chi connectivity index (χ1) is 12.5. The minimum absolute atomic E-state index is 0. The summed E-state index contributed by atoms with van der Waals surface area (Å²) in [6.07, 6.45) is 4.17. The SMILES string of the molecule is Cc1nc(-c2cnn(C)c2)sc1C(=O)Nc1ccc2c(c1F)CCNC2.Cl.Cl. The number of thiazole rings is 1. The van der Waals surface area contributed by atoms with Crippen molar-refractivity contribution in [1.82, 2.24) is 20.1 Å². The highest BCUT2D eigenvalue weighted by atomic mass is 35.5. The van der Waals surface area contributed by atoms with Gasteiger partial charge < -0.3 is 10.6 Å². The van der Waals surface area contributed by atoms with Crippen LogP contribution < -0.4 is 10.6 Å². The van der Waals surface area contributed by atoms with Gasteiger partial charge in [0.25, 0.3) is 5.91 Å². The molecule has 0 saturated heterocycles. The van der Waals surface area contributed by atoms with Crippen LogP contribution in [0.3, 0.4) is 0 Å². The molecule has 1 aromatic carbocycles. The summed E-state index contributed by atoms with van der Waals surface area (Å²) in [5.74, 6) is -0.685. The van der Waals surface area contributed by atoms with Gasteiger partial charge in [-0.25, -0.2) is 9.37 Å². The molecule has 2 aromatic heterocycles. The van der Waals surface area contributed by atoms with Crippen LogP contribution >= 0.6 is 36.2 Å². The highest BCUT2D eigenvalue weighted by molar-refractivity contribution is 7.17. The van der Waals surface area contributed by atoms with Gasteiger partial charge in [0.15, 0.2) is 0 Å². The summed E-state index contributed by atoms with van der Waals surface area (Å²) in [5.41, 5.74) is 3.31. The molecule has 0 atom stereocenters. The van der Waals surface area contributed by atoms with Crippen LogP contribution in [0.25, 0.3) is 10.6 Å². The first-order valence-electron chi connectivity index (χ1n) is 8.31. The molecule has 0 saturated carbocycles. The van der Waals surface area contributed by atoms with Crippen molar-refractivity contribution in [2.45, 2.75) is 19.9 Å². The lowest BCUT2D eigenvalue weighted by Crippen LogP contribution is -2.25. The van der Waals surface area contributed by atoms with Gasteiger partial charge in [0.1, 0.15) is 15.7 Å². The van der Waals surface area contributed by atoms with Gasteiger partial charge >= 0.3 is 0 Å². The number of benzene rings is 1. The van der Waals surface area contributed by atoms with E-state index in [-0.39, 0.29) is 42.2 Å². The maximum atomic E-state index is 14.7. The number of carbonyl (C=O) groups excluding carboxylic acids is 1. The van der Waals surface area contributed by atoms with Gasteiger partial charge in [-0.3, -0.25) is 9.48 Å². The fourth-order valence-electron chi connectivity index (χ4n) is 3.07. The number of rotatable bonds is 3. The summed E-state index contributed by atoms with van der Waals surface area (Å²) in [4.78, 5) is 17.6. The van der Waals surface area contributed by atoms with E-state index in [4.69, 9.17) is 0 Å². The van der Waals surface area contributed by atoms with Gasteiger partial charge in [0.05, 0.1) is 17.6 Å². The first-order valence-corrected chi connectivity index (χ1v) is 9.13. The molecule has 3 aromatic rings. The van der Waals surface area contributed by atoms with E-state index in [1.54, 1.807) is 23.9 Å². The van der Waals surface area contributed by atoms with Gasteiger partial charge in [-0.15, -0.1) is 36.2 Å². The fourth-order valence-corrected chi connectivity index (χ4v) is 4.01. The van der Waals surface area contributed by atoms with E-state index in [0.29, 0.717) is 29.1 Å². The normalized spacial score (nSPS) is 12.5. The Balaban J connectivity index is 0.00000140. The standard InChI is InChI=1S/C18H18FN5OS.2ClH/c1-10-16(26-18(22-10)12-8-21-24(2)9-12)17(25)23-14-4-3-11-7-20-6-5-13(11)15(14)19;;/h3-4,8-9,20H,5-7H2,1-2H3,(H,23,25);2*1H. The predicted octanol–water partition coefficient (Wildman–Crippen LogP) is 3.73. The second kappa shape index (κ2) is 9.00. The van der Waals surface area contributed by atoms with E-state index in [1.165, 1.54) is 11.3 Å². The molecule has 150 valence electrons. The molecule has 1 aliphatic rings. The van der Waals surface area contributed by atoms with Gasteiger partial charge in [0.2, 0.25) is 0 Å². The van der Waals surface area contributed by atoms with Crippen LogP contribution in [0.5, 0.6) is 0 Å². The third kappa shape index (κ3) is 4.20. The van der Waals surface area contributed by atoms with Crippen LogP contribution in [0, 0.1) is 12.7 Å². The molecule has 3 heterocycles. The molecule has 0 fully saturated rings. The monoisotopic (exact) mass is 443 g/mol. The zero-order valence-corrected chi connectivity index (χ0v) is 17.7. The summed E-state index contributed by atoms with van der Waals surface area (Å²) in [6, 6.07) is 3.48. The highest BCUT2D eigenvalue weighted by Crippen LogP contribution is 2.29. The number of fused-ring (bicyclic) bond motifs is 1. The number of nitrogens with one attached hydrogen (secondary N) is 2. The molecule has 1 aliphatic heterocycles. The molecule has 4 rings (SSSR count). The minimum Gasteiger partial charge on any atom is -0.319 e. The molecule has 0 aliphatic carbocycles. The molecule has 0 unspecified atom stereocenters. The van der Waals surface area contributed by atoms with Crippen LogP contribution in [0.2, 0.25) is 0 Å². The molecule has 0 bridgehead atoms. The average Bonchev–Trinajstić information content (AvgIpc) is 3.23. The van der Waals surface area contributed by atoms with Crippen molar-refractivity contribution in [3.05, 3.63) is 52.0 Å². The Kier molecular flexibility index (Phi) is 7.16. The van der Waals surface area contributed by atoms with Crippen LogP contribution in [0.4, 0.5) is 10.1 Å². The second-order valence-corrected chi connectivity index (χ2v) is 7.28. The molecule has 0 spiro atoms. The highest BCUT2D eigenvalue weighted by Gasteiger charge is 2.21. The van der Waals surface area contributed by atoms with E-state index >= 15 is 0 Å². The lowest BCUT2D eigenvalue weighted by molar-refractivity contribution is 0.102. The molecular weight excluding hydrogens is 424 g/mol. The second-order valence-electron chi connectivity index (χ2n) is 6.28. The summed E-state index contributed by atoms with van der Waals surface area (Å²) in [5, 5.41) is 10.8. The Bertz CT molecular complexity index is 1000. The molecule has 28 heavy (non-hydrogen) atoms. The summed E-state index contributed by atoms with van der Waals surface area (Å²) in [7, 11) is 1.83. The summed E-state index contributed by atoms with van der Waals surface area (Å²) >= 11 is 1.28. The Morgan fingerprint density at radius 2 is 2.14 bits per heavy atom. The number of aromatic nitrogens is 3. The summed E-state index contributed by atoms with van der Waals surface area (Å²) in [6.45, 7) is 3.17. The van der Waals surface area contributed by atoms with E-state index in [9.17, 15) is 9.18 Å². The molecule has 10 heteroatoms. The first kappa shape index (κ1) is 22.3. The van der Waals surface area contributed by atoms with E-state index in [0.717, 1.165) is 22.7 Å². The summed E-state index contributed by atoms with van der Waals surface area (Å²) < 4.78 is 16.4. The van der Waals surface area contributed by atoms with Crippen LogP contribution in [0.15, 0.2) is 24.5 Å². The van der Waals surface area contributed by atoms with Crippen molar-refractivity contribution >= 4 is 47.7 Å². The van der Waals surface area contributed by atoms with Crippen molar-refractivity contribution in [1.29, 1.82) is 0 Å². The van der Waals surface area contributed by atoms with E-state index < -0.39 is 0 Å². The van der Waals surface area contributed by atoms with Gasteiger partial charge in [0, 0.05) is 25.4 Å². The Labute approximate surface area is 178 Å². The van der Waals surface area contributed by atoms with Crippen LogP contribution in [0.1, 0.15) is 26.5 Å². The number of halogens is 3. The number of amides is 1. The van der Waals surface area contributed by atoms with Crippen molar-refractivity contribution in [2.24, 2.45) is 7.05 Å². The predicted molar refractivity (Wildman–Crippen MR) is 113 cm³/mol. The Morgan fingerprint density at radius 3 is 2.86 bits per heavy atom. The van der Waals surface area contributed by atoms with Gasteiger partial charge in [-0.2, -0.15) is 5.10 Å². The zero-order valence-electron chi connectivity index (χ0n) is 15.3. The average molecular weight is 444 g/mol. The van der Waals surface area contributed by atoms with Crippen molar-refractivity contribution in [2.75, 3.05) is 11.9 Å². The zero-order chi connectivity index (χ0) is 18.3. The molecule has 1 amide bonds.